The van der Waals surface area contributed by atoms with Crippen molar-refractivity contribution in [2.45, 2.75) is 19.4 Å². The van der Waals surface area contributed by atoms with Crippen molar-refractivity contribution in [2.24, 2.45) is 0 Å². The molecule has 1 heterocycles. The first-order chi connectivity index (χ1) is 12.5. The lowest BCUT2D eigenvalue weighted by molar-refractivity contribution is 0.0697. The predicted octanol–water partition coefficient (Wildman–Crippen LogP) is 3.31. The number of rotatable bonds is 6. The van der Waals surface area contributed by atoms with Crippen LogP contribution in [0.2, 0.25) is 0 Å². The quantitative estimate of drug-likeness (QED) is 0.705. The molecular formula is C20H18O6. The number of aromatic carboxylic acids is 1. The highest BCUT2D eigenvalue weighted by Gasteiger charge is 2.14. The van der Waals surface area contributed by atoms with Gasteiger partial charge in [0.05, 0.1) is 22.6 Å². The molecule has 0 saturated carbocycles. The minimum Gasteiger partial charge on any atom is -0.490 e. The summed E-state index contributed by atoms with van der Waals surface area (Å²) < 4.78 is 11.5. The fourth-order valence-corrected chi connectivity index (χ4v) is 2.52. The maximum absolute atomic E-state index is 12.4. The Morgan fingerprint density at radius 1 is 1.19 bits per heavy atom. The number of hydrogen-bond donors (Lipinski definition) is 2. The van der Waals surface area contributed by atoms with Gasteiger partial charge in [-0.3, -0.25) is 4.79 Å². The standard InChI is InChI=1S/C20H18O6/c1-2-13(21)11-25-17-6-4-3-5-14(17)19-10-16(22)15-9-12(20(23)24)7-8-18(15)26-19/h3-10,13,21H,2,11H2,1H3,(H,23,24). The zero-order chi connectivity index (χ0) is 18.7. The van der Waals surface area contributed by atoms with Crippen molar-refractivity contribution in [1.29, 1.82) is 0 Å². The van der Waals surface area contributed by atoms with Crippen LogP contribution in [0.15, 0.2) is 57.7 Å². The first kappa shape index (κ1) is 17.7. The molecule has 0 fully saturated rings. The third-order valence-corrected chi connectivity index (χ3v) is 4.03. The van der Waals surface area contributed by atoms with E-state index in [0.717, 1.165) is 0 Å². The van der Waals surface area contributed by atoms with E-state index >= 15 is 0 Å². The van der Waals surface area contributed by atoms with Gasteiger partial charge in [0.1, 0.15) is 23.7 Å². The van der Waals surface area contributed by atoms with Crippen LogP contribution in [0.5, 0.6) is 5.75 Å². The lowest BCUT2D eigenvalue weighted by Crippen LogP contribution is -2.16. The van der Waals surface area contributed by atoms with Gasteiger partial charge >= 0.3 is 5.97 Å². The topological polar surface area (TPSA) is 97.0 Å². The number of benzene rings is 2. The summed E-state index contributed by atoms with van der Waals surface area (Å²) >= 11 is 0. The van der Waals surface area contributed by atoms with Gasteiger partial charge in [-0.2, -0.15) is 0 Å². The molecule has 0 radical (unpaired) electrons. The number of carboxylic acid groups (broad SMARTS) is 1. The van der Waals surface area contributed by atoms with Gasteiger partial charge in [-0.25, -0.2) is 4.79 Å². The Morgan fingerprint density at radius 3 is 2.69 bits per heavy atom. The van der Waals surface area contributed by atoms with Gasteiger partial charge < -0.3 is 19.4 Å². The largest absolute Gasteiger partial charge is 0.490 e. The molecule has 1 unspecified atom stereocenters. The van der Waals surface area contributed by atoms with E-state index in [1.54, 1.807) is 24.3 Å². The van der Waals surface area contributed by atoms with Gasteiger partial charge in [-0.05, 0) is 36.8 Å². The highest BCUT2D eigenvalue weighted by Crippen LogP contribution is 2.31. The zero-order valence-electron chi connectivity index (χ0n) is 14.1. The van der Waals surface area contributed by atoms with Crippen molar-refractivity contribution in [1.82, 2.24) is 0 Å². The summed E-state index contributed by atoms with van der Waals surface area (Å²) in [5.41, 5.74) is 0.556. The molecular weight excluding hydrogens is 336 g/mol. The molecule has 1 atom stereocenters. The molecule has 0 amide bonds. The highest BCUT2D eigenvalue weighted by atomic mass is 16.5. The van der Waals surface area contributed by atoms with Crippen LogP contribution >= 0.6 is 0 Å². The Hall–Kier alpha value is -3.12. The smallest absolute Gasteiger partial charge is 0.335 e. The molecule has 2 N–H and O–H groups in total. The molecule has 2 aromatic carbocycles. The Balaban J connectivity index is 2.05. The van der Waals surface area contributed by atoms with Crippen molar-refractivity contribution < 1.29 is 24.2 Å². The lowest BCUT2D eigenvalue weighted by Gasteiger charge is -2.13. The molecule has 0 aliphatic rings. The average Bonchev–Trinajstić information content (AvgIpc) is 2.65. The van der Waals surface area contributed by atoms with E-state index in [2.05, 4.69) is 0 Å². The SMILES string of the molecule is CCC(O)COc1ccccc1-c1cc(=O)c2cc(C(=O)O)ccc2o1. The van der Waals surface area contributed by atoms with E-state index in [0.29, 0.717) is 29.1 Å². The van der Waals surface area contributed by atoms with Gasteiger partial charge in [0.2, 0.25) is 0 Å². The van der Waals surface area contributed by atoms with Crippen LogP contribution in [-0.4, -0.2) is 28.9 Å². The van der Waals surface area contributed by atoms with Crippen molar-refractivity contribution in [2.75, 3.05) is 6.61 Å². The second-order valence-electron chi connectivity index (χ2n) is 5.86. The molecule has 134 valence electrons. The van der Waals surface area contributed by atoms with E-state index < -0.39 is 12.1 Å². The summed E-state index contributed by atoms with van der Waals surface area (Å²) in [5, 5.41) is 19.0. The Bertz CT molecular complexity index is 1000. The molecule has 26 heavy (non-hydrogen) atoms. The van der Waals surface area contributed by atoms with Gasteiger partial charge in [0.25, 0.3) is 0 Å². The van der Waals surface area contributed by atoms with E-state index in [1.165, 1.54) is 24.3 Å². The zero-order valence-corrected chi connectivity index (χ0v) is 14.1. The fourth-order valence-electron chi connectivity index (χ4n) is 2.52. The summed E-state index contributed by atoms with van der Waals surface area (Å²) in [4.78, 5) is 23.5. The summed E-state index contributed by atoms with van der Waals surface area (Å²) in [6.45, 7) is 1.99. The summed E-state index contributed by atoms with van der Waals surface area (Å²) in [6.07, 6.45) is -0.0137. The molecule has 0 saturated heterocycles. The molecule has 1 aromatic heterocycles. The Kier molecular flexibility index (Phi) is 5.04. The highest BCUT2D eigenvalue weighted by molar-refractivity contribution is 5.93. The van der Waals surface area contributed by atoms with Crippen molar-refractivity contribution >= 4 is 16.9 Å². The number of carbonyl (C=O) groups is 1. The van der Waals surface area contributed by atoms with Gasteiger partial charge in [0, 0.05) is 6.07 Å². The van der Waals surface area contributed by atoms with Crippen LogP contribution in [0.1, 0.15) is 23.7 Å². The van der Waals surface area contributed by atoms with E-state index in [9.17, 15) is 14.7 Å². The number of aliphatic hydroxyl groups is 1. The predicted molar refractivity (Wildman–Crippen MR) is 96.7 cm³/mol. The molecule has 0 aliphatic heterocycles. The first-order valence-corrected chi connectivity index (χ1v) is 8.21. The Morgan fingerprint density at radius 2 is 1.96 bits per heavy atom. The summed E-state index contributed by atoms with van der Waals surface area (Å²) in [6, 6.07) is 12.5. The monoisotopic (exact) mass is 354 g/mol. The molecule has 3 rings (SSSR count). The molecule has 0 spiro atoms. The normalized spacial score (nSPS) is 12.1. The number of hydrogen-bond acceptors (Lipinski definition) is 5. The van der Waals surface area contributed by atoms with Crippen LogP contribution in [0.3, 0.4) is 0 Å². The molecule has 6 heteroatoms. The van der Waals surface area contributed by atoms with Crippen molar-refractivity contribution in [3.05, 3.63) is 64.3 Å². The maximum Gasteiger partial charge on any atom is 0.335 e. The number of para-hydroxylation sites is 1. The van der Waals surface area contributed by atoms with Crippen LogP contribution in [0.25, 0.3) is 22.3 Å². The Labute approximate surface area is 149 Å². The lowest BCUT2D eigenvalue weighted by atomic mass is 10.1. The number of ether oxygens (including phenoxy) is 1. The van der Waals surface area contributed by atoms with E-state index in [-0.39, 0.29) is 23.0 Å². The van der Waals surface area contributed by atoms with Crippen LogP contribution < -0.4 is 10.2 Å². The molecule has 3 aromatic rings. The third-order valence-electron chi connectivity index (χ3n) is 4.03. The second-order valence-corrected chi connectivity index (χ2v) is 5.86. The average molecular weight is 354 g/mol. The van der Waals surface area contributed by atoms with Gasteiger partial charge in [0.15, 0.2) is 5.43 Å². The van der Waals surface area contributed by atoms with Crippen LogP contribution in [0.4, 0.5) is 0 Å². The maximum atomic E-state index is 12.4. The van der Waals surface area contributed by atoms with E-state index in [4.69, 9.17) is 14.3 Å². The number of fused-ring (bicyclic) bond motifs is 1. The van der Waals surface area contributed by atoms with Crippen molar-refractivity contribution in [3.63, 3.8) is 0 Å². The van der Waals surface area contributed by atoms with Crippen LogP contribution in [-0.2, 0) is 0 Å². The fraction of sp³-hybridized carbons (Fsp3) is 0.200. The summed E-state index contributed by atoms with van der Waals surface area (Å²) in [5.74, 6) is -0.305. The molecule has 6 nitrogen and oxygen atoms in total. The third kappa shape index (κ3) is 3.60. The van der Waals surface area contributed by atoms with Gasteiger partial charge in [-0.15, -0.1) is 0 Å². The van der Waals surface area contributed by atoms with E-state index in [1.807, 2.05) is 6.92 Å². The minimum atomic E-state index is -1.11. The van der Waals surface area contributed by atoms with Crippen molar-refractivity contribution in [3.8, 4) is 17.1 Å². The molecule has 0 bridgehead atoms. The second kappa shape index (κ2) is 7.41. The summed E-state index contributed by atoms with van der Waals surface area (Å²) in [7, 11) is 0. The molecule has 0 aliphatic carbocycles. The first-order valence-electron chi connectivity index (χ1n) is 8.21. The number of carboxylic acids is 1. The minimum absolute atomic E-state index is 0.0230. The number of aliphatic hydroxyl groups excluding tert-OH is 1. The van der Waals surface area contributed by atoms with Gasteiger partial charge in [-0.1, -0.05) is 19.1 Å². The van der Waals surface area contributed by atoms with Crippen LogP contribution in [0, 0.1) is 0 Å².